The van der Waals surface area contributed by atoms with Crippen LogP contribution in [-0.4, -0.2) is 27.1 Å². The molecule has 2 heterocycles. The van der Waals surface area contributed by atoms with Crippen molar-refractivity contribution < 1.29 is 19.0 Å². The number of nitrogens with one attached hydrogen (secondary N) is 1. The highest BCUT2D eigenvalue weighted by atomic mass is 16.6. The summed E-state index contributed by atoms with van der Waals surface area (Å²) in [5.41, 5.74) is 0.486. The minimum absolute atomic E-state index is 0.0565. The Hall–Kier alpha value is -2.97. The van der Waals surface area contributed by atoms with Crippen molar-refractivity contribution in [3.8, 4) is 5.75 Å². The highest BCUT2D eigenvalue weighted by molar-refractivity contribution is 5.93. The average Bonchev–Trinajstić information content (AvgIpc) is 2.90. The van der Waals surface area contributed by atoms with Gasteiger partial charge in [-0.05, 0) is 35.4 Å². The van der Waals surface area contributed by atoms with E-state index in [4.69, 9.17) is 9.26 Å². The summed E-state index contributed by atoms with van der Waals surface area (Å²) in [6, 6.07) is 4.56. The van der Waals surface area contributed by atoms with Crippen LogP contribution in [0, 0.1) is 24.0 Å². The Morgan fingerprint density at radius 2 is 2.22 bits per heavy atom. The number of hydrogen-bond donors (Lipinski definition) is 1. The van der Waals surface area contributed by atoms with Crippen molar-refractivity contribution >= 4 is 17.5 Å². The lowest BCUT2D eigenvalue weighted by atomic mass is 10.2. The molecule has 0 unspecified atom stereocenters. The molecule has 122 valence electrons. The van der Waals surface area contributed by atoms with Crippen molar-refractivity contribution in [2.24, 2.45) is 0 Å². The fourth-order valence-corrected chi connectivity index (χ4v) is 1.86. The summed E-state index contributed by atoms with van der Waals surface area (Å²) in [7, 11) is 0. The quantitative estimate of drug-likeness (QED) is 0.640. The Morgan fingerprint density at radius 3 is 2.78 bits per heavy atom. The summed E-state index contributed by atoms with van der Waals surface area (Å²) < 4.78 is 10.3. The number of rotatable bonds is 6. The fourth-order valence-electron chi connectivity index (χ4n) is 1.86. The van der Waals surface area contributed by atoms with Gasteiger partial charge in [0.2, 0.25) is 5.75 Å². The zero-order chi connectivity index (χ0) is 17.0. The Bertz CT molecular complexity index is 728. The van der Waals surface area contributed by atoms with Crippen molar-refractivity contribution in [2.75, 3.05) is 5.32 Å². The van der Waals surface area contributed by atoms with E-state index in [1.807, 2.05) is 0 Å². The van der Waals surface area contributed by atoms with E-state index < -0.39 is 22.8 Å². The Kier molecular flexibility index (Phi) is 4.89. The lowest BCUT2D eigenvalue weighted by Crippen LogP contribution is -2.32. The molecule has 1 atom stereocenters. The first kappa shape index (κ1) is 16.4. The molecule has 0 saturated carbocycles. The lowest BCUT2D eigenvalue weighted by molar-refractivity contribution is -0.390. The van der Waals surface area contributed by atoms with Gasteiger partial charge in [0.25, 0.3) is 5.91 Å². The molecule has 2 rings (SSSR count). The van der Waals surface area contributed by atoms with E-state index in [0.29, 0.717) is 17.9 Å². The third-order valence-corrected chi connectivity index (χ3v) is 2.96. The highest BCUT2D eigenvalue weighted by Gasteiger charge is 2.25. The molecule has 0 radical (unpaired) electrons. The van der Waals surface area contributed by atoms with E-state index in [-0.39, 0.29) is 11.6 Å². The number of carbonyl (C=O) groups excluding carboxylic acids is 1. The highest BCUT2D eigenvalue weighted by Crippen LogP contribution is 2.26. The van der Waals surface area contributed by atoms with Gasteiger partial charge in [-0.2, -0.15) is 0 Å². The molecule has 9 heteroatoms. The maximum Gasteiger partial charge on any atom is 0.406 e. The standard InChI is InChI=1S/C14H16N4O5/c1-4-10(14(19)16-12-7-9(3)23-17-12)22-11-6-5-8(2)15-13(11)18(20)21/h5-7,10H,4H2,1-3H3,(H,16,17,19)/t10-/m1/s1. The van der Waals surface area contributed by atoms with Gasteiger partial charge in [0, 0.05) is 13.0 Å². The fraction of sp³-hybridized carbons (Fsp3) is 0.357. The topological polar surface area (TPSA) is 120 Å². The third kappa shape index (κ3) is 4.02. The van der Waals surface area contributed by atoms with Crippen molar-refractivity contribution in [3.63, 3.8) is 0 Å². The van der Waals surface area contributed by atoms with Gasteiger partial charge >= 0.3 is 5.82 Å². The minimum Gasteiger partial charge on any atom is -0.472 e. The van der Waals surface area contributed by atoms with Crippen LogP contribution in [0.3, 0.4) is 0 Å². The lowest BCUT2D eigenvalue weighted by Gasteiger charge is -2.16. The smallest absolute Gasteiger partial charge is 0.406 e. The second-order valence-corrected chi connectivity index (χ2v) is 4.86. The first-order chi connectivity index (χ1) is 10.9. The molecule has 1 N–H and O–H groups in total. The number of aromatic nitrogens is 2. The van der Waals surface area contributed by atoms with Crippen LogP contribution in [-0.2, 0) is 4.79 Å². The molecule has 0 spiro atoms. The molecule has 2 aromatic rings. The number of hydrogen-bond acceptors (Lipinski definition) is 7. The summed E-state index contributed by atoms with van der Waals surface area (Å²) >= 11 is 0. The van der Waals surface area contributed by atoms with Crippen LogP contribution in [0.2, 0.25) is 0 Å². The van der Waals surface area contributed by atoms with Gasteiger partial charge in [-0.3, -0.25) is 4.79 Å². The predicted octanol–water partition coefficient (Wildman–Crippen LogP) is 2.39. The van der Waals surface area contributed by atoms with Crippen molar-refractivity contribution in [1.82, 2.24) is 10.1 Å². The number of nitro groups is 1. The van der Waals surface area contributed by atoms with E-state index >= 15 is 0 Å². The largest absolute Gasteiger partial charge is 0.472 e. The first-order valence-electron chi connectivity index (χ1n) is 6.93. The van der Waals surface area contributed by atoms with Crippen LogP contribution in [0.1, 0.15) is 24.8 Å². The van der Waals surface area contributed by atoms with Crippen LogP contribution < -0.4 is 10.1 Å². The van der Waals surface area contributed by atoms with Crippen LogP contribution in [0.5, 0.6) is 5.75 Å². The van der Waals surface area contributed by atoms with Gasteiger partial charge in [-0.25, -0.2) is 0 Å². The summed E-state index contributed by atoms with van der Waals surface area (Å²) in [6.07, 6.45) is -0.608. The normalized spacial score (nSPS) is 11.8. The molecule has 0 fully saturated rings. The van der Waals surface area contributed by atoms with Gasteiger partial charge in [-0.15, -0.1) is 0 Å². The van der Waals surface area contributed by atoms with Gasteiger partial charge in [0.1, 0.15) is 11.5 Å². The van der Waals surface area contributed by atoms with E-state index in [0.717, 1.165) is 0 Å². The number of ether oxygens (including phenoxy) is 1. The van der Waals surface area contributed by atoms with Crippen LogP contribution in [0.4, 0.5) is 11.6 Å². The summed E-state index contributed by atoms with van der Waals surface area (Å²) in [4.78, 5) is 26.4. The number of pyridine rings is 1. The van der Waals surface area contributed by atoms with E-state index in [1.54, 1.807) is 32.9 Å². The molecule has 23 heavy (non-hydrogen) atoms. The maximum atomic E-state index is 12.2. The molecule has 2 aromatic heterocycles. The maximum absolute atomic E-state index is 12.2. The first-order valence-corrected chi connectivity index (χ1v) is 6.93. The number of anilines is 1. The van der Waals surface area contributed by atoms with Gasteiger partial charge in [0.15, 0.2) is 11.9 Å². The SMILES string of the molecule is CC[C@@H](Oc1ccc(C)nc1[N+](=O)[O-])C(=O)Nc1cc(C)on1. The zero-order valence-electron chi connectivity index (χ0n) is 12.9. The van der Waals surface area contributed by atoms with Gasteiger partial charge in [-0.1, -0.05) is 12.1 Å². The zero-order valence-corrected chi connectivity index (χ0v) is 12.9. The molecule has 0 aliphatic carbocycles. The van der Waals surface area contributed by atoms with Crippen LogP contribution in [0.25, 0.3) is 0 Å². The monoisotopic (exact) mass is 320 g/mol. The molecular weight excluding hydrogens is 304 g/mol. The van der Waals surface area contributed by atoms with Crippen molar-refractivity contribution in [3.05, 3.63) is 39.8 Å². The second kappa shape index (κ2) is 6.86. The van der Waals surface area contributed by atoms with Gasteiger partial charge in [0.05, 0.1) is 0 Å². The Labute approximate surface area is 131 Å². The molecule has 0 bridgehead atoms. The second-order valence-electron chi connectivity index (χ2n) is 4.86. The molecule has 0 saturated heterocycles. The molecular formula is C14H16N4O5. The Morgan fingerprint density at radius 1 is 1.48 bits per heavy atom. The van der Waals surface area contributed by atoms with Crippen LogP contribution in [0.15, 0.2) is 22.7 Å². The summed E-state index contributed by atoms with van der Waals surface area (Å²) in [5, 5.41) is 17.2. The van der Waals surface area contributed by atoms with Gasteiger partial charge < -0.3 is 24.7 Å². The Balaban J connectivity index is 2.16. The number of amides is 1. The summed E-state index contributed by atoms with van der Waals surface area (Å²) in [5.74, 6) is -0.151. The predicted molar refractivity (Wildman–Crippen MR) is 80.2 cm³/mol. The molecule has 0 aliphatic rings. The third-order valence-electron chi connectivity index (χ3n) is 2.96. The average molecular weight is 320 g/mol. The number of aryl methyl sites for hydroxylation is 2. The van der Waals surface area contributed by atoms with Crippen molar-refractivity contribution in [1.29, 1.82) is 0 Å². The van der Waals surface area contributed by atoms with E-state index in [9.17, 15) is 14.9 Å². The van der Waals surface area contributed by atoms with E-state index in [1.165, 1.54) is 6.07 Å². The number of carbonyl (C=O) groups is 1. The number of nitrogens with zero attached hydrogens (tertiary/aromatic N) is 3. The minimum atomic E-state index is -0.921. The van der Waals surface area contributed by atoms with Crippen molar-refractivity contribution in [2.45, 2.75) is 33.3 Å². The molecule has 9 nitrogen and oxygen atoms in total. The van der Waals surface area contributed by atoms with Crippen LogP contribution >= 0.6 is 0 Å². The molecule has 0 aliphatic heterocycles. The summed E-state index contributed by atoms with van der Waals surface area (Å²) in [6.45, 7) is 5.05. The molecule has 1 amide bonds. The van der Waals surface area contributed by atoms with E-state index in [2.05, 4.69) is 15.5 Å². The molecule has 0 aromatic carbocycles.